The van der Waals surface area contributed by atoms with Crippen molar-refractivity contribution in [3.8, 4) is 0 Å². The van der Waals surface area contributed by atoms with Crippen molar-refractivity contribution in [3.63, 3.8) is 0 Å². The number of fused-ring (bicyclic) bond motifs is 1. The summed E-state index contributed by atoms with van der Waals surface area (Å²) < 4.78 is 5.10. The van der Waals surface area contributed by atoms with Gasteiger partial charge in [-0.1, -0.05) is 18.6 Å². The van der Waals surface area contributed by atoms with Gasteiger partial charge in [-0.25, -0.2) is 4.79 Å². The minimum Gasteiger partial charge on any atom is -0.425 e. The molecule has 1 aliphatic carbocycles. The van der Waals surface area contributed by atoms with Crippen LogP contribution in [0.5, 0.6) is 0 Å². The molecule has 4 nitrogen and oxygen atoms in total. The van der Waals surface area contributed by atoms with E-state index in [1.54, 1.807) is 6.92 Å². The first-order valence-electron chi connectivity index (χ1n) is 6.68. The molecule has 2 aliphatic rings. The fraction of sp³-hybridized carbons (Fsp3) is 0.600. The zero-order valence-electron chi connectivity index (χ0n) is 11.7. The molecule has 0 bridgehead atoms. The number of rotatable bonds is 0. The van der Waals surface area contributed by atoms with E-state index in [1.807, 2.05) is 19.9 Å². The zero-order chi connectivity index (χ0) is 14.2. The molecule has 0 saturated carbocycles. The molecule has 1 N–H and O–H groups in total. The molecule has 0 aromatic carbocycles. The average Bonchev–Trinajstić information content (AvgIpc) is 2.51. The van der Waals surface area contributed by atoms with Gasteiger partial charge in [-0.2, -0.15) is 0 Å². The molecule has 4 heteroatoms. The molecule has 0 saturated heterocycles. The standard InChI is InChI=1S/C15H20O4/c1-9-5-4-6-10(2)13(16)7-12-11(3)14(17)19-15(12,18)8-9/h5,10,18H,4,6-8H2,1-3H3. The third kappa shape index (κ3) is 2.63. The first-order chi connectivity index (χ1) is 8.83. The molecular weight excluding hydrogens is 244 g/mol. The Balaban J connectivity index is 2.42. The van der Waals surface area contributed by atoms with Crippen LogP contribution in [-0.2, 0) is 14.3 Å². The lowest BCUT2D eigenvalue weighted by molar-refractivity contribution is -0.181. The number of hydrogen-bond acceptors (Lipinski definition) is 4. The van der Waals surface area contributed by atoms with Crippen molar-refractivity contribution in [1.82, 2.24) is 0 Å². The molecule has 104 valence electrons. The summed E-state index contributed by atoms with van der Waals surface area (Å²) in [6, 6.07) is 0. The van der Waals surface area contributed by atoms with Gasteiger partial charge in [0.15, 0.2) is 0 Å². The summed E-state index contributed by atoms with van der Waals surface area (Å²) in [5, 5.41) is 10.6. The maximum Gasteiger partial charge on any atom is 0.336 e. The number of ketones is 1. The van der Waals surface area contributed by atoms with Crippen LogP contribution >= 0.6 is 0 Å². The quantitative estimate of drug-likeness (QED) is 0.538. The van der Waals surface area contributed by atoms with Crippen LogP contribution in [0.4, 0.5) is 0 Å². The Bertz CT molecular complexity index is 486. The van der Waals surface area contributed by atoms with E-state index < -0.39 is 11.8 Å². The van der Waals surface area contributed by atoms with Gasteiger partial charge in [-0.15, -0.1) is 0 Å². The van der Waals surface area contributed by atoms with Gasteiger partial charge in [0.05, 0.1) is 0 Å². The Morgan fingerprint density at radius 2 is 2.05 bits per heavy atom. The van der Waals surface area contributed by atoms with Crippen molar-refractivity contribution in [3.05, 3.63) is 22.8 Å². The molecule has 1 aliphatic heterocycles. The first kappa shape index (κ1) is 14.0. The van der Waals surface area contributed by atoms with Gasteiger partial charge < -0.3 is 9.84 Å². The fourth-order valence-electron chi connectivity index (χ4n) is 2.66. The Hall–Kier alpha value is -1.42. The number of esters is 1. The van der Waals surface area contributed by atoms with Crippen LogP contribution in [0.2, 0.25) is 0 Å². The zero-order valence-corrected chi connectivity index (χ0v) is 11.7. The number of carbonyl (C=O) groups is 2. The predicted octanol–water partition coefficient (Wildman–Crippen LogP) is 2.27. The third-order valence-electron chi connectivity index (χ3n) is 4.00. The maximum absolute atomic E-state index is 12.1. The molecule has 2 rings (SSSR count). The number of carbonyl (C=O) groups excluding carboxylic acids is 2. The average molecular weight is 264 g/mol. The van der Waals surface area contributed by atoms with E-state index in [2.05, 4.69) is 0 Å². The maximum atomic E-state index is 12.1. The van der Waals surface area contributed by atoms with Gasteiger partial charge >= 0.3 is 5.97 Å². The van der Waals surface area contributed by atoms with E-state index in [9.17, 15) is 14.7 Å². The summed E-state index contributed by atoms with van der Waals surface area (Å²) in [5.74, 6) is -2.17. The molecule has 0 fully saturated rings. The summed E-state index contributed by atoms with van der Waals surface area (Å²) >= 11 is 0. The van der Waals surface area contributed by atoms with Gasteiger partial charge in [-0.3, -0.25) is 4.79 Å². The monoisotopic (exact) mass is 264 g/mol. The minimum atomic E-state index is -1.63. The van der Waals surface area contributed by atoms with Crippen LogP contribution in [0.15, 0.2) is 22.8 Å². The van der Waals surface area contributed by atoms with E-state index in [1.165, 1.54) is 0 Å². The van der Waals surface area contributed by atoms with Crippen molar-refractivity contribution in [1.29, 1.82) is 0 Å². The van der Waals surface area contributed by atoms with Crippen LogP contribution in [0.25, 0.3) is 0 Å². The van der Waals surface area contributed by atoms with Gasteiger partial charge in [0, 0.05) is 29.9 Å². The minimum absolute atomic E-state index is 0.0547. The highest BCUT2D eigenvalue weighted by Crippen LogP contribution is 2.39. The van der Waals surface area contributed by atoms with Crippen LogP contribution in [0.1, 0.15) is 46.5 Å². The van der Waals surface area contributed by atoms with Crippen molar-refractivity contribution >= 4 is 11.8 Å². The molecule has 0 radical (unpaired) electrons. The Labute approximate surface area is 113 Å². The molecule has 1 heterocycles. The largest absolute Gasteiger partial charge is 0.425 e. The molecule has 19 heavy (non-hydrogen) atoms. The SMILES string of the molecule is CC1=CCCC(C)C(=O)CC2=C(C)C(=O)OC2(O)C1. The van der Waals surface area contributed by atoms with Gasteiger partial charge in [0.25, 0.3) is 0 Å². The lowest BCUT2D eigenvalue weighted by Gasteiger charge is -2.27. The number of hydrogen-bond donors (Lipinski definition) is 1. The normalized spacial score (nSPS) is 32.8. The highest BCUT2D eigenvalue weighted by Gasteiger charge is 2.45. The number of aliphatic hydroxyl groups is 1. The second-order valence-corrected chi connectivity index (χ2v) is 5.63. The van der Waals surface area contributed by atoms with Crippen LogP contribution < -0.4 is 0 Å². The summed E-state index contributed by atoms with van der Waals surface area (Å²) in [6.45, 7) is 5.41. The highest BCUT2D eigenvalue weighted by atomic mass is 16.7. The van der Waals surface area contributed by atoms with Crippen molar-refractivity contribution in [2.24, 2.45) is 5.92 Å². The van der Waals surface area contributed by atoms with Crippen LogP contribution in [-0.4, -0.2) is 22.6 Å². The van der Waals surface area contributed by atoms with Crippen LogP contribution in [0, 0.1) is 5.92 Å². The van der Waals surface area contributed by atoms with Gasteiger partial charge in [-0.05, 0) is 26.7 Å². The Morgan fingerprint density at radius 1 is 1.37 bits per heavy atom. The topological polar surface area (TPSA) is 63.6 Å². The molecule has 0 aromatic heterocycles. The van der Waals surface area contributed by atoms with Crippen molar-refractivity contribution in [2.45, 2.75) is 52.2 Å². The van der Waals surface area contributed by atoms with E-state index >= 15 is 0 Å². The van der Waals surface area contributed by atoms with E-state index in [-0.39, 0.29) is 24.5 Å². The summed E-state index contributed by atoms with van der Waals surface area (Å²) in [5.41, 5.74) is 1.78. The summed E-state index contributed by atoms with van der Waals surface area (Å²) in [7, 11) is 0. The first-order valence-corrected chi connectivity index (χ1v) is 6.68. The molecule has 0 amide bonds. The number of ether oxygens (including phenoxy) is 1. The van der Waals surface area contributed by atoms with Crippen LogP contribution in [0.3, 0.4) is 0 Å². The smallest absolute Gasteiger partial charge is 0.336 e. The summed E-state index contributed by atoms with van der Waals surface area (Å²) in [6.07, 6.45) is 3.96. The predicted molar refractivity (Wildman–Crippen MR) is 70.1 cm³/mol. The molecule has 0 aromatic rings. The summed E-state index contributed by atoms with van der Waals surface area (Å²) in [4.78, 5) is 23.8. The fourth-order valence-corrected chi connectivity index (χ4v) is 2.66. The Morgan fingerprint density at radius 3 is 2.74 bits per heavy atom. The number of allylic oxidation sites excluding steroid dienone is 1. The van der Waals surface area contributed by atoms with E-state index in [0.29, 0.717) is 11.1 Å². The lowest BCUT2D eigenvalue weighted by Crippen LogP contribution is -2.34. The van der Waals surface area contributed by atoms with Crippen molar-refractivity contribution in [2.75, 3.05) is 0 Å². The molecule has 2 atom stereocenters. The third-order valence-corrected chi connectivity index (χ3v) is 4.00. The van der Waals surface area contributed by atoms with Crippen molar-refractivity contribution < 1.29 is 19.4 Å². The lowest BCUT2D eigenvalue weighted by atomic mass is 9.86. The Kier molecular flexibility index (Phi) is 3.63. The van der Waals surface area contributed by atoms with E-state index in [4.69, 9.17) is 4.74 Å². The molecule has 2 unspecified atom stereocenters. The molecule has 0 spiro atoms. The second kappa shape index (κ2) is 4.93. The second-order valence-electron chi connectivity index (χ2n) is 5.63. The highest BCUT2D eigenvalue weighted by molar-refractivity contribution is 5.95. The van der Waals surface area contributed by atoms with E-state index in [0.717, 1.165) is 18.4 Å². The van der Waals surface area contributed by atoms with Gasteiger partial charge in [0.2, 0.25) is 5.79 Å². The molecular formula is C15H20O4. The number of Topliss-reactive ketones (excluding diaryl/α,β-unsaturated/α-hetero) is 1. The van der Waals surface area contributed by atoms with Gasteiger partial charge in [0.1, 0.15) is 5.78 Å².